The first kappa shape index (κ1) is 10.8. The highest BCUT2D eigenvalue weighted by atomic mass is 16.5. The molecule has 0 aromatic carbocycles. The zero-order chi connectivity index (χ0) is 11.4. The van der Waals surface area contributed by atoms with E-state index in [9.17, 15) is 4.79 Å². The zero-order valence-corrected chi connectivity index (χ0v) is 8.85. The quantitative estimate of drug-likeness (QED) is 0.721. The monoisotopic (exact) mass is 222 g/mol. The largest absolute Gasteiger partial charge is 0.476 e. The van der Waals surface area contributed by atoms with E-state index in [0.29, 0.717) is 18.4 Å². The average Bonchev–Trinajstić information content (AvgIpc) is 2.80. The standard InChI is InChI=1S/C10H14N4O2/c11-10(15)8-1-2-9(14-13-8)16-6-7-3-4-12-5-7/h1-2,7,12H,3-6H2,(H2,11,15). The SMILES string of the molecule is NC(=O)c1ccc(OCC2CCNC2)nn1. The van der Waals surface area contributed by atoms with Gasteiger partial charge in [0.2, 0.25) is 5.88 Å². The second kappa shape index (κ2) is 4.89. The zero-order valence-electron chi connectivity index (χ0n) is 8.85. The summed E-state index contributed by atoms with van der Waals surface area (Å²) in [6, 6.07) is 3.12. The minimum atomic E-state index is -0.584. The Kier molecular flexibility index (Phi) is 3.31. The molecule has 1 aliphatic heterocycles. The number of carbonyl (C=O) groups excluding carboxylic acids is 1. The Bertz CT molecular complexity index is 360. The summed E-state index contributed by atoms with van der Waals surface area (Å²) in [5.74, 6) is 0.369. The van der Waals surface area contributed by atoms with E-state index < -0.39 is 5.91 Å². The Morgan fingerprint density at radius 1 is 1.56 bits per heavy atom. The molecule has 1 fully saturated rings. The van der Waals surface area contributed by atoms with Crippen LogP contribution in [0.5, 0.6) is 5.88 Å². The number of hydrogen-bond acceptors (Lipinski definition) is 5. The van der Waals surface area contributed by atoms with Gasteiger partial charge in [0.05, 0.1) is 6.61 Å². The van der Waals surface area contributed by atoms with Crippen molar-refractivity contribution in [2.75, 3.05) is 19.7 Å². The highest BCUT2D eigenvalue weighted by molar-refractivity contribution is 5.90. The number of nitrogens with two attached hydrogens (primary N) is 1. The van der Waals surface area contributed by atoms with Gasteiger partial charge in [-0.3, -0.25) is 4.79 Å². The van der Waals surface area contributed by atoms with Crippen molar-refractivity contribution in [1.29, 1.82) is 0 Å². The van der Waals surface area contributed by atoms with Crippen LogP contribution in [0.2, 0.25) is 0 Å². The number of nitrogens with one attached hydrogen (secondary N) is 1. The smallest absolute Gasteiger partial charge is 0.269 e. The summed E-state index contributed by atoms with van der Waals surface area (Å²) in [7, 11) is 0. The lowest BCUT2D eigenvalue weighted by atomic mass is 10.1. The van der Waals surface area contributed by atoms with E-state index in [0.717, 1.165) is 19.5 Å². The van der Waals surface area contributed by atoms with Crippen LogP contribution in [0.1, 0.15) is 16.9 Å². The highest BCUT2D eigenvalue weighted by Crippen LogP contribution is 2.11. The Hall–Kier alpha value is -1.69. The van der Waals surface area contributed by atoms with Crippen molar-refractivity contribution in [3.05, 3.63) is 17.8 Å². The fourth-order valence-corrected chi connectivity index (χ4v) is 1.59. The third-order valence-corrected chi connectivity index (χ3v) is 2.52. The second-order valence-electron chi connectivity index (χ2n) is 3.79. The van der Waals surface area contributed by atoms with Gasteiger partial charge < -0.3 is 15.8 Å². The number of aromatic nitrogens is 2. The van der Waals surface area contributed by atoms with Gasteiger partial charge in [0.15, 0.2) is 5.69 Å². The molecule has 1 amide bonds. The molecule has 1 aromatic heterocycles. The molecular weight excluding hydrogens is 208 g/mol. The predicted molar refractivity (Wildman–Crippen MR) is 57.0 cm³/mol. The number of carbonyl (C=O) groups is 1. The molecular formula is C10H14N4O2. The number of nitrogens with zero attached hydrogens (tertiary/aromatic N) is 2. The molecule has 6 nitrogen and oxygen atoms in total. The average molecular weight is 222 g/mol. The number of ether oxygens (including phenoxy) is 1. The number of hydrogen-bond donors (Lipinski definition) is 2. The van der Waals surface area contributed by atoms with Gasteiger partial charge in [-0.1, -0.05) is 0 Å². The Morgan fingerprint density at radius 2 is 2.44 bits per heavy atom. The Balaban J connectivity index is 1.87. The fourth-order valence-electron chi connectivity index (χ4n) is 1.59. The van der Waals surface area contributed by atoms with Crippen molar-refractivity contribution in [3.63, 3.8) is 0 Å². The fraction of sp³-hybridized carbons (Fsp3) is 0.500. The summed E-state index contributed by atoms with van der Waals surface area (Å²) in [5, 5.41) is 10.7. The summed E-state index contributed by atoms with van der Waals surface area (Å²) < 4.78 is 5.46. The van der Waals surface area contributed by atoms with Crippen LogP contribution in [0.3, 0.4) is 0 Å². The molecule has 2 rings (SSSR count). The van der Waals surface area contributed by atoms with Crippen molar-refractivity contribution < 1.29 is 9.53 Å². The normalized spacial score (nSPS) is 19.6. The molecule has 0 saturated carbocycles. The topological polar surface area (TPSA) is 90.1 Å². The lowest BCUT2D eigenvalue weighted by Crippen LogP contribution is -2.17. The van der Waals surface area contributed by atoms with E-state index in [4.69, 9.17) is 10.5 Å². The van der Waals surface area contributed by atoms with Crippen molar-refractivity contribution >= 4 is 5.91 Å². The van der Waals surface area contributed by atoms with Gasteiger partial charge in [-0.25, -0.2) is 0 Å². The van der Waals surface area contributed by atoms with Crippen LogP contribution in [-0.4, -0.2) is 35.8 Å². The number of primary amides is 1. The predicted octanol–water partition coefficient (Wildman–Crippen LogP) is -0.436. The molecule has 2 heterocycles. The molecule has 1 aromatic rings. The van der Waals surface area contributed by atoms with Crippen LogP contribution in [-0.2, 0) is 0 Å². The third kappa shape index (κ3) is 2.66. The van der Waals surface area contributed by atoms with Crippen molar-refractivity contribution in [2.24, 2.45) is 11.7 Å². The maximum Gasteiger partial charge on any atom is 0.269 e. The van der Waals surface area contributed by atoms with Crippen LogP contribution in [0, 0.1) is 5.92 Å². The summed E-state index contributed by atoms with van der Waals surface area (Å²) >= 11 is 0. The molecule has 0 aliphatic carbocycles. The van der Waals surface area contributed by atoms with Gasteiger partial charge in [0, 0.05) is 18.5 Å². The van der Waals surface area contributed by atoms with Gasteiger partial charge in [0.25, 0.3) is 5.91 Å². The molecule has 1 aliphatic rings. The van der Waals surface area contributed by atoms with E-state index in [1.165, 1.54) is 6.07 Å². The van der Waals surface area contributed by atoms with Gasteiger partial charge >= 0.3 is 0 Å². The molecule has 3 N–H and O–H groups in total. The molecule has 1 unspecified atom stereocenters. The molecule has 0 bridgehead atoms. The molecule has 0 radical (unpaired) electrons. The van der Waals surface area contributed by atoms with E-state index in [1.807, 2.05) is 0 Å². The van der Waals surface area contributed by atoms with Crippen molar-refractivity contribution in [2.45, 2.75) is 6.42 Å². The number of rotatable bonds is 4. The molecule has 86 valence electrons. The Morgan fingerprint density at radius 3 is 3.00 bits per heavy atom. The highest BCUT2D eigenvalue weighted by Gasteiger charge is 2.15. The second-order valence-corrected chi connectivity index (χ2v) is 3.79. The van der Waals surface area contributed by atoms with Gasteiger partial charge in [0.1, 0.15) is 0 Å². The summed E-state index contributed by atoms with van der Waals surface area (Å²) in [6.45, 7) is 2.64. The van der Waals surface area contributed by atoms with Crippen molar-refractivity contribution in [1.82, 2.24) is 15.5 Å². The van der Waals surface area contributed by atoms with Gasteiger partial charge in [-0.2, -0.15) is 0 Å². The first-order valence-corrected chi connectivity index (χ1v) is 5.23. The van der Waals surface area contributed by atoms with Crippen LogP contribution < -0.4 is 15.8 Å². The minimum absolute atomic E-state index is 0.148. The molecule has 1 saturated heterocycles. The number of amides is 1. The van der Waals surface area contributed by atoms with Crippen LogP contribution in [0.25, 0.3) is 0 Å². The summed E-state index contributed by atoms with van der Waals surface area (Å²) in [6.07, 6.45) is 1.12. The maximum atomic E-state index is 10.7. The van der Waals surface area contributed by atoms with Crippen LogP contribution in [0.4, 0.5) is 0 Å². The lowest BCUT2D eigenvalue weighted by molar-refractivity contribution is 0.0994. The van der Waals surface area contributed by atoms with E-state index >= 15 is 0 Å². The first-order chi connectivity index (χ1) is 7.75. The van der Waals surface area contributed by atoms with Crippen LogP contribution >= 0.6 is 0 Å². The first-order valence-electron chi connectivity index (χ1n) is 5.23. The summed E-state index contributed by atoms with van der Waals surface area (Å²) in [4.78, 5) is 10.7. The van der Waals surface area contributed by atoms with Gasteiger partial charge in [-0.15, -0.1) is 10.2 Å². The van der Waals surface area contributed by atoms with E-state index in [-0.39, 0.29) is 5.69 Å². The molecule has 6 heteroatoms. The molecule has 0 spiro atoms. The van der Waals surface area contributed by atoms with E-state index in [2.05, 4.69) is 15.5 Å². The third-order valence-electron chi connectivity index (χ3n) is 2.52. The molecule has 16 heavy (non-hydrogen) atoms. The van der Waals surface area contributed by atoms with Crippen molar-refractivity contribution in [3.8, 4) is 5.88 Å². The molecule has 1 atom stereocenters. The summed E-state index contributed by atoms with van der Waals surface area (Å²) in [5.41, 5.74) is 5.19. The van der Waals surface area contributed by atoms with Crippen LogP contribution in [0.15, 0.2) is 12.1 Å². The minimum Gasteiger partial charge on any atom is -0.476 e. The lowest BCUT2D eigenvalue weighted by Gasteiger charge is -2.09. The maximum absolute atomic E-state index is 10.7. The van der Waals surface area contributed by atoms with E-state index in [1.54, 1.807) is 6.07 Å². The van der Waals surface area contributed by atoms with Gasteiger partial charge in [-0.05, 0) is 19.0 Å². The Labute approximate surface area is 93.2 Å².